The molecule has 1 atom stereocenters. The molecule has 0 spiro atoms. The van der Waals surface area contributed by atoms with Crippen LogP contribution in [0.4, 0.5) is 5.69 Å². The molecule has 2 aromatic rings. The highest BCUT2D eigenvalue weighted by Gasteiger charge is 2.26. The Balaban J connectivity index is 1.37. The molecule has 1 fully saturated rings. The Morgan fingerprint density at radius 2 is 2.00 bits per heavy atom. The molecule has 2 aromatic carbocycles. The Labute approximate surface area is 167 Å². The summed E-state index contributed by atoms with van der Waals surface area (Å²) in [5.41, 5.74) is 2.02. The van der Waals surface area contributed by atoms with Gasteiger partial charge >= 0.3 is 0 Å². The zero-order valence-electron chi connectivity index (χ0n) is 15.1. The molecular weight excluding hydrogens is 408 g/mol. The molecule has 1 unspecified atom stereocenters. The maximum absolute atomic E-state index is 12.8. The number of nitrogens with one attached hydrogen (secondary N) is 1. The minimum absolute atomic E-state index is 0.000830. The van der Waals surface area contributed by atoms with E-state index in [0.717, 1.165) is 48.4 Å². The van der Waals surface area contributed by atoms with Crippen LogP contribution in [-0.2, 0) is 11.3 Å². The molecule has 2 aliphatic heterocycles. The number of ether oxygens (including phenoxy) is 2. The summed E-state index contributed by atoms with van der Waals surface area (Å²) in [7, 11) is 0. The van der Waals surface area contributed by atoms with Crippen LogP contribution in [0.3, 0.4) is 0 Å². The maximum atomic E-state index is 12.8. The smallest absolute Gasteiger partial charge is 0.228 e. The Morgan fingerprint density at radius 3 is 2.85 bits per heavy atom. The van der Waals surface area contributed by atoms with Crippen molar-refractivity contribution in [2.24, 2.45) is 5.92 Å². The van der Waals surface area contributed by atoms with Gasteiger partial charge in [-0.05, 0) is 49.2 Å². The van der Waals surface area contributed by atoms with Gasteiger partial charge in [-0.15, -0.1) is 0 Å². The second-order valence-electron chi connectivity index (χ2n) is 7.05. The molecule has 1 N–H and O–H groups in total. The number of likely N-dealkylation sites (tertiary alicyclic amines) is 1. The van der Waals surface area contributed by atoms with E-state index in [1.54, 1.807) is 0 Å². The number of rotatable bonds is 4. The first-order valence-electron chi connectivity index (χ1n) is 9.35. The largest absolute Gasteiger partial charge is 0.486 e. The van der Waals surface area contributed by atoms with Gasteiger partial charge in [0.2, 0.25) is 5.91 Å². The maximum Gasteiger partial charge on any atom is 0.228 e. The molecule has 0 aliphatic carbocycles. The van der Waals surface area contributed by atoms with Gasteiger partial charge in [0.05, 0.1) is 5.92 Å². The molecule has 2 aliphatic rings. The minimum Gasteiger partial charge on any atom is -0.486 e. The summed E-state index contributed by atoms with van der Waals surface area (Å²) in [4.78, 5) is 15.1. The number of fused-ring (bicyclic) bond motifs is 1. The summed E-state index contributed by atoms with van der Waals surface area (Å²) in [5, 5.41) is 3.05. The molecule has 2 heterocycles. The van der Waals surface area contributed by atoms with Gasteiger partial charge in [-0.25, -0.2) is 0 Å². The molecule has 0 saturated carbocycles. The second kappa shape index (κ2) is 8.31. The molecule has 27 heavy (non-hydrogen) atoms. The summed E-state index contributed by atoms with van der Waals surface area (Å²) < 4.78 is 12.2. The van der Waals surface area contributed by atoms with Crippen molar-refractivity contribution in [2.45, 2.75) is 19.4 Å². The van der Waals surface area contributed by atoms with Crippen LogP contribution in [0.15, 0.2) is 46.9 Å². The normalized spacial score (nSPS) is 19.5. The van der Waals surface area contributed by atoms with Crippen molar-refractivity contribution in [3.8, 4) is 11.5 Å². The molecule has 6 heteroatoms. The molecule has 0 aromatic heterocycles. The van der Waals surface area contributed by atoms with Gasteiger partial charge in [0.15, 0.2) is 11.5 Å². The van der Waals surface area contributed by atoms with Crippen LogP contribution in [0, 0.1) is 5.92 Å². The average Bonchev–Trinajstić information content (AvgIpc) is 2.68. The minimum atomic E-state index is -0.000830. The van der Waals surface area contributed by atoms with E-state index in [1.807, 2.05) is 24.3 Å². The summed E-state index contributed by atoms with van der Waals surface area (Å²) in [5.74, 6) is 1.50. The van der Waals surface area contributed by atoms with Gasteiger partial charge in [0.25, 0.3) is 0 Å². The van der Waals surface area contributed by atoms with Crippen molar-refractivity contribution in [2.75, 3.05) is 31.6 Å². The number of carbonyl (C=O) groups excluding carboxylic acids is 1. The van der Waals surface area contributed by atoms with Gasteiger partial charge in [0.1, 0.15) is 13.2 Å². The van der Waals surface area contributed by atoms with Crippen molar-refractivity contribution in [3.05, 3.63) is 52.5 Å². The van der Waals surface area contributed by atoms with E-state index >= 15 is 0 Å². The average molecular weight is 431 g/mol. The Hall–Kier alpha value is -2.05. The van der Waals surface area contributed by atoms with E-state index < -0.39 is 0 Å². The lowest BCUT2D eigenvalue weighted by atomic mass is 9.96. The molecule has 5 nitrogen and oxygen atoms in total. The number of amides is 1. The topological polar surface area (TPSA) is 50.8 Å². The summed E-state index contributed by atoms with van der Waals surface area (Å²) in [6.07, 6.45) is 1.96. The number of halogens is 1. The fourth-order valence-corrected chi connectivity index (χ4v) is 4.12. The quantitative estimate of drug-likeness (QED) is 0.793. The summed E-state index contributed by atoms with van der Waals surface area (Å²) in [6.45, 7) is 3.78. The van der Waals surface area contributed by atoms with Crippen LogP contribution >= 0.6 is 15.9 Å². The third-order valence-corrected chi connectivity index (χ3v) is 5.47. The highest BCUT2D eigenvalue weighted by Crippen LogP contribution is 2.33. The third kappa shape index (κ3) is 4.62. The predicted octanol–water partition coefficient (Wildman–Crippen LogP) is 4.07. The van der Waals surface area contributed by atoms with Crippen LogP contribution in [-0.4, -0.2) is 37.1 Å². The second-order valence-corrected chi connectivity index (χ2v) is 7.97. The van der Waals surface area contributed by atoms with Crippen LogP contribution in [0.5, 0.6) is 11.5 Å². The van der Waals surface area contributed by atoms with E-state index in [-0.39, 0.29) is 11.8 Å². The van der Waals surface area contributed by atoms with Crippen LogP contribution < -0.4 is 14.8 Å². The highest BCUT2D eigenvalue weighted by atomic mass is 79.9. The first-order valence-corrected chi connectivity index (χ1v) is 10.1. The number of nitrogens with zero attached hydrogens (tertiary/aromatic N) is 1. The summed E-state index contributed by atoms with van der Waals surface area (Å²) in [6, 6.07) is 13.9. The highest BCUT2D eigenvalue weighted by molar-refractivity contribution is 9.10. The zero-order chi connectivity index (χ0) is 18.6. The van der Waals surface area contributed by atoms with Gasteiger partial charge in [-0.3, -0.25) is 9.69 Å². The van der Waals surface area contributed by atoms with E-state index in [9.17, 15) is 4.79 Å². The van der Waals surface area contributed by atoms with Gasteiger partial charge in [-0.1, -0.05) is 28.1 Å². The number of benzene rings is 2. The van der Waals surface area contributed by atoms with Crippen molar-refractivity contribution in [1.82, 2.24) is 4.90 Å². The van der Waals surface area contributed by atoms with Crippen molar-refractivity contribution >= 4 is 27.5 Å². The van der Waals surface area contributed by atoms with E-state index in [0.29, 0.717) is 19.0 Å². The SMILES string of the molecule is O=C(Nc1ccc2c(c1)OCCO2)C1CCCN(Cc2cccc(Br)c2)C1. The monoisotopic (exact) mass is 430 g/mol. The van der Waals surface area contributed by atoms with Gasteiger partial charge in [-0.2, -0.15) is 0 Å². The fourth-order valence-electron chi connectivity index (χ4n) is 3.67. The van der Waals surface area contributed by atoms with Crippen molar-refractivity contribution in [3.63, 3.8) is 0 Å². The van der Waals surface area contributed by atoms with Crippen LogP contribution in [0.2, 0.25) is 0 Å². The lowest BCUT2D eigenvalue weighted by Gasteiger charge is -2.32. The number of piperidine rings is 1. The van der Waals surface area contributed by atoms with Crippen LogP contribution in [0.25, 0.3) is 0 Å². The van der Waals surface area contributed by atoms with Crippen molar-refractivity contribution < 1.29 is 14.3 Å². The standard InChI is InChI=1S/C21H23BrN2O3/c22-17-5-1-3-15(11-17)13-24-8-2-4-16(14-24)21(25)23-18-6-7-19-20(12-18)27-10-9-26-19/h1,3,5-7,11-12,16H,2,4,8-10,13-14H2,(H,23,25). The van der Waals surface area contributed by atoms with E-state index in [2.05, 4.69) is 44.3 Å². The molecule has 142 valence electrons. The molecule has 1 amide bonds. The fraction of sp³-hybridized carbons (Fsp3) is 0.381. The first kappa shape index (κ1) is 18.3. The Bertz CT molecular complexity index is 827. The molecular formula is C21H23BrN2O3. The predicted molar refractivity (Wildman–Crippen MR) is 108 cm³/mol. The van der Waals surface area contributed by atoms with Crippen molar-refractivity contribution in [1.29, 1.82) is 0 Å². The Morgan fingerprint density at radius 1 is 1.15 bits per heavy atom. The summed E-state index contributed by atoms with van der Waals surface area (Å²) >= 11 is 3.52. The molecule has 1 saturated heterocycles. The first-order chi connectivity index (χ1) is 13.2. The zero-order valence-corrected chi connectivity index (χ0v) is 16.7. The number of hydrogen-bond donors (Lipinski definition) is 1. The van der Waals surface area contributed by atoms with Gasteiger partial charge in [0, 0.05) is 29.3 Å². The number of anilines is 1. The number of carbonyl (C=O) groups is 1. The number of hydrogen-bond acceptors (Lipinski definition) is 4. The molecule has 4 rings (SSSR count). The Kier molecular flexibility index (Phi) is 5.64. The third-order valence-electron chi connectivity index (χ3n) is 4.98. The lowest BCUT2D eigenvalue weighted by Crippen LogP contribution is -2.40. The van der Waals surface area contributed by atoms with Crippen LogP contribution in [0.1, 0.15) is 18.4 Å². The van der Waals surface area contributed by atoms with E-state index in [4.69, 9.17) is 9.47 Å². The molecule has 0 radical (unpaired) electrons. The van der Waals surface area contributed by atoms with E-state index in [1.165, 1.54) is 5.56 Å². The van der Waals surface area contributed by atoms with Gasteiger partial charge < -0.3 is 14.8 Å². The lowest BCUT2D eigenvalue weighted by molar-refractivity contribution is -0.121. The molecule has 0 bridgehead atoms.